The predicted molar refractivity (Wildman–Crippen MR) is 109 cm³/mol. The van der Waals surface area contributed by atoms with Gasteiger partial charge in [0.2, 0.25) is 0 Å². The second-order valence-corrected chi connectivity index (χ2v) is 7.69. The zero-order valence-corrected chi connectivity index (χ0v) is 17.2. The molecule has 1 aromatic carbocycles. The van der Waals surface area contributed by atoms with Gasteiger partial charge in [0, 0.05) is 23.9 Å². The quantitative estimate of drug-likeness (QED) is 0.668. The maximum absolute atomic E-state index is 13.3. The van der Waals surface area contributed by atoms with Crippen LogP contribution >= 0.6 is 12.4 Å². The third-order valence-corrected chi connectivity index (χ3v) is 5.72. The molecule has 2 atom stereocenters. The summed E-state index contributed by atoms with van der Waals surface area (Å²) >= 11 is 0. The van der Waals surface area contributed by atoms with Crippen LogP contribution in [-0.2, 0) is 0 Å². The summed E-state index contributed by atoms with van der Waals surface area (Å²) in [6, 6.07) is 4.66. The number of hydrogen-bond donors (Lipinski definition) is 1. The Kier molecular flexibility index (Phi) is 8.52. The summed E-state index contributed by atoms with van der Waals surface area (Å²) in [6.45, 7) is 7.33. The van der Waals surface area contributed by atoms with E-state index in [1.165, 1.54) is 12.1 Å². The SMILES string of the molecule is CCCC(O)C(CCC)CN1CCC(c2noc3cc(F)ccc23)CC1.Cl. The Hall–Kier alpha value is -1.17. The van der Waals surface area contributed by atoms with E-state index in [9.17, 15) is 9.50 Å². The largest absolute Gasteiger partial charge is 0.393 e. The number of halogens is 2. The van der Waals surface area contributed by atoms with E-state index >= 15 is 0 Å². The summed E-state index contributed by atoms with van der Waals surface area (Å²) in [6.07, 6.45) is 5.99. The van der Waals surface area contributed by atoms with Crippen LogP contribution in [0.25, 0.3) is 11.0 Å². The number of rotatable bonds is 8. The predicted octanol–water partition coefficient (Wildman–Crippen LogP) is 5.15. The van der Waals surface area contributed by atoms with Crippen LogP contribution in [0, 0.1) is 11.7 Å². The van der Waals surface area contributed by atoms with Gasteiger partial charge < -0.3 is 14.5 Å². The van der Waals surface area contributed by atoms with Crippen LogP contribution in [0.15, 0.2) is 22.7 Å². The topological polar surface area (TPSA) is 49.5 Å². The maximum atomic E-state index is 13.3. The fraction of sp³-hybridized carbons (Fsp3) is 0.667. The Morgan fingerprint density at radius 2 is 1.93 bits per heavy atom. The molecule has 4 nitrogen and oxygen atoms in total. The van der Waals surface area contributed by atoms with Gasteiger partial charge in [-0.1, -0.05) is 31.8 Å². The number of likely N-dealkylation sites (tertiary alicyclic amines) is 1. The lowest BCUT2D eigenvalue weighted by Gasteiger charge is -2.35. The van der Waals surface area contributed by atoms with Crippen molar-refractivity contribution in [3.8, 4) is 0 Å². The van der Waals surface area contributed by atoms with Gasteiger partial charge in [-0.3, -0.25) is 0 Å². The van der Waals surface area contributed by atoms with Crippen molar-refractivity contribution >= 4 is 23.4 Å². The summed E-state index contributed by atoms with van der Waals surface area (Å²) in [5.41, 5.74) is 1.50. The molecule has 0 spiro atoms. The minimum absolute atomic E-state index is 0. The first kappa shape index (κ1) is 22.1. The summed E-state index contributed by atoms with van der Waals surface area (Å²) < 4.78 is 18.7. The molecule has 3 rings (SSSR count). The van der Waals surface area contributed by atoms with Crippen LogP contribution in [-0.4, -0.2) is 40.9 Å². The lowest BCUT2D eigenvalue weighted by atomic mass is 9.89. The Labute approximate surface area is 167 Å². The number of fused-ring (bicyclic) bond motifs is 1. The van der Waals surface area contributed by atoms with Crippen molar-refractivity contribution in [1.29, 1.82) is 0 Å². The van der Waals surface area contributed by atoms with Gasteiger partial charge in [0.25, 0.3) is 0 Å². The monoisotopic (exact) mass is 398 g/mol. The lowest BCUT2D eigenvalue weighted by molar-refractivity contribution is 0.0593. The Balaban J connectivity index is 0.00000261. The molecule has 0 radical (unpaired) electrons. The Morgan fingerprint density at radius 1 is 1.22 bits per heavy atom. The highest BCUT2D eigenvalue weighted by molar-refractivity contribution is 5.85. The van der Waals surface area contributed by atoms with E-state index in [4.69, 9.17) is 4.52 Å². The smallest absolute Gasteiger partial charge is 0.170 e. The van der Waals surface area contributed by atoms with Crippen molar-refractivity contribution in [2.45, 2.75) is 64.4 Å². The summed E-state index contributed by atoms with van der Waals surface area (Å²) in [7, 11) is 0. The molecule has 0 bridgehead atoms. The number of aliphatic hydroxyl groups excluding tert-OH is 1. The van der Waals surface area contributed by atoms with Gasteiger partial charge >= 0.3 is 0 Å². The number of benzene rings is 1. The third kappa shape index (κ3) is 5.43. The maximum Gasteiger partial charge on any atom is 0.170 e. The summed E-state index contributed by atoms with van der Waals surface area (Å²) in [5, 5.41) is 15.6. The first-order chi connectivity index (χ1) is 12.6. The molecule has 1 aromatic heterocycles. The number of hydrogen-bond acceptors (Lipinski definition) is 4. The molecule has 6 heteroatoms. The molecule has 152 valence electrons. The van der Waals surface area contributed by atoms with E-state index in [2.05, 4.69) is 23.9 Å². The number of aromatic nitrogens is 1. The molecule has 1 aliphatic rings. The fourth-order valence-electron chi connectivity index (χ4n) is 4.25. The second-order valence-electron chi connectivity index (χ2n) is 7.69. The van der Waals surface area contributed by atoms with Crippen molar-refractivity contribution in [2.75, 3.05) is 19.6 Å². The number of piperidine rings is 1. The van der Waals surface area contributed by atoms with Crippen LogP contribution in [0.3, 0.4) is 0 Å². The van der Waals surface area contributed by atoms with Crippen LogP contribution in [0.1, 0.15) is 64.0 Å². The Bertz CT molecular complexity index is 701. The van der Waals surface area contributed by atoms with Crippen molar-refractivity contribution in [3.05, 3.63) is 29.7 Å². The fourth-order valence-corrected chi connectivity index (χ4v) is 4.25. The van der Waals surface area contributed by atoms with Crippen LogP contribution in [0.2, 0.25) is 0 Å². The van der Waals surface area contributed by atoms with E-state index in [1.807, 2.05) is 0 Å². The number of aliphatic hydroxyl groups is 1. The van der Waals surface area contributed by atoms with Gasteiger partial charge in [0.05, 0.1) is 11.8 Å². The molecule has 0 amide bonds. The van der Waals surface area contributed by atoms with Crippen LogP contribution in [0.5, 0.6) is 0 Å². The molecule has 0 aliphatic carbocycles. The normalized spacial score (nSPS) is 18.4. The molecular weight excluding hydrogens is 367 g/mol. The van der Waals surface area contributed by atoms with Crippen molar-refractivity contribution < 1.29 is 14.0 Å². The van der Waals surface area contributed by atoms with Gasteiger partial charge in [-0.05, 0) is 56.8 Å². The van der Waals surface area contributed by atoms with E-state index < -0.39 is 0 Å². The molecule has 2 aromatic rings. The minimum Gasteiger partial charge on any atom is -0.393 e. The highest BCUT2D eigenvalue weighted by Gasteiger charge is 2.27. The van der Waals surface area contributed by atoms with Crippen LogP contribution < -0.4 is 0 Å². The van der Waals surface area contributed by atoms with E-state index in [1.54, 1.807) is 6.07 Å². The van der Waals surface area contributed by atoms with Crippen molar-refractivity contribution in [3.63, 3.8) is 0 Å². The average Bonchev–Trinajstić information content (AvgIpc) is 3.05. The van der Waals surface area contributed by atoms with Crippen molar-refractivity contribution in [2.24, 2.45) is 5.92 Å². The zero-order chi connectivity index (χ0) is 18.5. The molecule has 1 aliphatic heterocycles. The average molecular weight is 399 g/mol. The first-order valence-corrected chi connectivity index (χ1v) is 10.1. The van der Waals surface area contributed by atoms with Crippen LogP contribution in [0.4, 0.5) is 4.39 Å². The van der Waals surface area contributed by atoms with Gasteiger partial charge in [0.15, 0.2) is 5.58 Å². The number of nitrogens with zero attached hydrogens (tertiary/aromatic N) is 2. The summed E-state index contributed by atoms with van der Waals surface area (Å²) in [4.78, 5) is 2.48. The highest BCUT2D eigenvalue weighted by Crippen LogP contribution is 2.33. The molecule has 2 heterocycles. The third-order valence-electron chi connectivity index (χ3n) is 5.72. The zero-order valence-electron chi connectivity index (χ0n) is 16.4. The Morgan fingerprint density at radius 3 is 2.59 bits per heavy atom. The standard InChI is InChI=1S/C21H31FN2O2.ClH/c1-3-5-16(19(25)6-4-2)14-24-11-9-15(10-12-24)21-18-8-7-17(22)13-20(18)26-23-21;/h7-8,13,15-16,19,25H,3-6,9-12,14H2,1-2H3;1H. The van der Waals surface area contributed by atoms with Crippen molar-refractivity contribution in [1.82, 2.24) is 10.1 Å². The molecular formula is C21H32ClFN2O2. The highest BCUT2D eigenvalue weighted by atomic mass is 35.5. The van der Waals surface area contributed by atoms with E-state index in [0.29, 0.717) is 17.4 Å². The minimum atomic E-state index is -0.289. The molecule has 27 heavy (non-hydrogen) atoms. The van der Waals surface area contributed by atoms with E-state index in [0.717, 1.165) is 69.2 Å². The molecule has 1 N–H and O–H groups in total. The lowest BCUT2D eigenvalue weighted by Crippen LogP contribution is -2.39. The molecule has 0 saturated carbocycles. The first-order valence-electron chi connectivity index (χ1n) is 10.1. The molecule has 1 saturated heterocycles. The van der Waals surface area contributed by atoms with Gasteiger partial charge in [-0.2, -0.15) is 0 Å². The molecule has 1 fully saturated rings. The summed E-state index contributed by atoms with van der Waals surface area (Å²) in [5.74, 6) is 0.443. The molecule has 2 unspecified atom stereocenters. The van der Waals surface area contributed by atoms with Gasteiger partial charge in [-0.15, -0.1) is 12.4 Å². The van der Waals surface area contributed by atoms with Gasteiger partial charge in [-0.25, -0.2) is 4.39 Å². The van der Waals surface area contributed by atoms with Gasteiger partial charge in [0.1, 0.15) is 5.82 Å². The van der Waals surface area contributed by atoms with E-state index in [-0.39, 0.29) is 24.3 Å². The second kappa shape index (κ2) is 10.4.